The summed E-state index contributed by atoms with van der Waals surface area (Å²) in [6, 6.07) is 9.70. The van der Waals surface area contributed by atoms with E-state index in [0.29, 0.717) is 6.61 Å². The van der Waals surface area contributed by atoms with E-state index in [1.54, 1.807) is 12.4 Å². The van der Waals surface area contributed by atoms with Crippen molar-refractivity contribution in [1.82, 2.24) is 9.97 Å². The molecule has 0 saturated carbocycles. The van der Waals surface area contributed by atoms with Gasteiger partial charge in [-0.3, -0.25) is 0 Å². The van der Waals surface area contributed by atoms with Crippen LogP contribution in [0.1, 0.15) is 11.9 Å². The number of morpholine rings is 1. The minimum absolute atomic E-state index is 0.0764. The molecule has 0 bridgehead atoms. The van der Waals surface area contributed by atoms with E-state index >= 15 is 0 Å². The smallest absolute Gasteiger partial charge is 0.158 e. The lowest BCUT2D eigenvalue weighted by atomic mass is 10.2. The third-order valence-corrected chi connectivity index (χ3v) is 3.20. The van der Waals surface area contributed by atoms with Gasteiger partial charge in [0.05, 0.1) is 13.2 Å². The van der Waals surface area contributed by atoms with Crippen molar-refractivity contribution in [2.24, 2.45) is 0 Å². The predicted molar refractivity (Wildman–Crippen MR) is 73.8 cm³/mol. The lowest BCUT2D eigenvalue weighted by molar-refractivity contribution is 0.0340. The molecule has 0 amide bonds. The van der Waals surface area contributed by atoms with Crippen LogP contribution < -0.4 is 10.6 Å². The van der Waals surface area contributed by atoms with Gasteiger partial charge < -0.3 is 15.4 Å². The first-order valence-corrected chi connectivity index (χ1v) is 6.32. The molecule has 0 radical (unpaired) electrons. The van der Waals surface area contributed by atoms with E-state index in [4.69, 9.17) is 10.5 Å². The van der Waals surface area contributed by atoms with Crippen molar-refractivity contribution >= 4 is 11.4 Å². The zero-order valence-electron chi connectivity index (χ0n) is 10.6. The Morgan fingerprint density at radius 1 is 1.16 bits per heavy atom. The highest BCUT2D eigenvalue weighted by Crippen LogP contribution is 2.24. The highest BCUT2D eigenvalue weighted by atomic mass is 16.5. The van der Waals surface area contributed by atoms with Crippen LogP contribution in [0.5, 0.6) is 0 Å². The first-order chi connectivity index (χ1) is 9.33. The minimum Gasteiger partial charge on any atom is -0.399 e. The molecule has 19 heavy (non-hydrogen) atoms. The molecule has 5 nitrogen and oxygen atoms in total. The van der Waals surface area contributed by atoms with E-state index in [-0.39, 0.29) is 6.10 Å². The van der Waals surface area contributed by atoms with E-state index in [9.17, 15) is 0 Å². The molecule has 1 aliphatic heterocycles. The van der Waals surface area contributed by atoms with Crippen molar-refractivity contribution in [2.45, 2.75) is 6.10 Å². The standard InChI is InChI=1S/C14H16N4O/c15-11-2-4-12(5-3-11)18-8-9-19-13(10-18)14-16-6-1-7-17-14/h1-7,13H,8-10,15H2. The van der Waals surface area contributed by atoms with Crippen molar-refractivity contribution in [1.29, 1.82) is 0 Å². The second-order valence-corrected chi connectivity index (χ2v) is 4.50. The van der Waals surface area contributed by atoms with Crippen LogP contribution in [0, 0.1) is 0 Å². The SMILES string of the molecule is Nc1ccc(N2CCOC(c3ncccn3)C2)cc1. The topological polar surface area (TPSA) is 64.3 Å². The molecule has 1 saturated heterocycles. The Hall–Kier alpha value is -2.14. The summed E-state index contributed by atoms with van der Waals surface area (Å²) >= 11 is 0. The van der Waals surface area contributed by atoms with E-state index < -0.39 is 0 Å². The predicted octanol–water partition coefficient (Wildman–Crippen LogP) is 1.64. The number of aromatic nitrogens is 2. The number of nitrogens with zero attached hydrogens (tertiary/aromatic N) is 3. The molecule has 98 valence electrons. The number of nitrogens with two attached hydrogens (primary N) is 1. The van der Waals surface area contributed by atoms with Gasteiger partial charge in [0.1, 0.15) is 6.10 Å². The first kappa shape index (κ1) is 11.9. The van der Waals surface area contributed by atoms with Gasteiger partial charge in [0, 0.05) is 30.3 Å². The molecule has 2 heterocycles. The molecule has 5 heteroatoms. The maximum atomic E-state index is 5.75. The number of hydrogen-bond donors (Lipinski definition) is 1. The molecule has 1 aromatic heterocycles. The van der Waals surface area contributed by atoms with Crippen LogP contribution in [0.2, 0.25) is 0 Å². The molecule has 2 N–H and O–H groups in total. The van der Waals surface area contributed by atoms with Crippen LogP contribution in [0.4, 0.5) is 11.4 Å². The molecule has 2 aromatic rings. The van der Waals surface area contributed by atoms with Gasteiger partial charge in [0.2, 0.25) is 0 Å². The first-order valence-electron chi connectivity index (χ1n) is 6.32. The third-order valence-electron chi connectivity index (χ3n) is 3.20. The van der Waals surface area contributed by atoms with E-state index in [1.807, 2.05) is 30.3 Å². The van der Waals surface area contributed by atoms with Gasteiger partial charge in [0.15, 0.2) is 5.82 Å². The molecule has 1 aromatic carbocycles. The molecule has 1 atom stereocenters. The molecule has 1 unspecified atom stereocenters. The lowest BCUT2D eigenvalue weighted by Gasteiger charge is -2.33. The fraction of sp³-hybridized carbons (Fsp3) is 0.286. The summed E-state index contributed by atoms with van der Waals surface area (Å²) < 4.78 is 5.75. The molecular formula is C14H16N4O. The van der Waals surface area contributed by atoms with Crippen LogP contribution in [0.15, 0.2) is 42.7 Å². The van der Waals surface area contributed by atoms with Gasteiger partial charge in [-0.25, -0.2) is 9.97 Å². The highest BCUT2D eigenvalue weighted by Gasteiger charge is 2.23. The zero-order valence-corrected chi connectivity index (χ0v) is 10.6. The van der Waals surface area contributed by atoms with Crippen LogP contribution in [-0.2, 0) is 4.74 Å². The Kier molecular flexibility index (Phi) is 3.29. The maximum absolute atomic E-state index is 5.75. The normalized spacial score (nSPS) is 19.4. The average Bonchev–Trinajstić information content (AvgIpc) is 2.49. The van der Waals surface area contributed by atoms with Crippen molar-refractivity contribution in [3.8, 4) is 0 Å². The molecule has 0 aliphatic carbocycles. The summed E-state index contributed by atoms with van der Waals surface area (Å²) in [4.78, 5) is 10.8. The van der Waals surface area contributed by atoms with Crippen LogP contribution >= 0.6 is 0 Å². The number of nitrogen functional groups attached to an aromatic ring is 1. The molecule has 3 rings (SSSR count). The lowest BCUT2D eigenvalue weighted by Crippen LogP contribution is -2.38. The Morgan fingerprint density at radius 2 is 1.89 bits per heavy atom. The Morgan fingerprint density at radius 3 is 2.63 bits per heavy atom. The van der Waals surface area contributed by atoms with Gasteiger partial charge in [-0.05, 0) is 30.3 Å². The highest BCUT2D eigenvalue weighted by molar-refractivity contribution is 5.53. The number of hydrogen-bond acceptors (Lipinski definition) is 5. The summed E-state index contributed by atoms with van der Waals surface area (Å²) in [5.74, 6) is 0.739. The molecular weight excluding hydrogens is 240 g/mol. The van der Waals surface area contributed by atoms with Gasteiger partial charge in [-0.1, -0.05) is 0 Å². The van der Waals surface area contributed by atoms with Crippen LogP contribution in [0.3, 0.4) is 0 Å². The van der Waals surface area contributed by atoms with Gasteiger partial charge in [-0.15, -0.1) is 0 Å². The monoisotopic (exact) mass is 256 g/mol. The number of anilines is 2. The summed E-state index contributed by atoms with van der Waals surface area (Å²) in [5, 5.41) is 0. The minimum atomic E-state index is -0.0764. The average molecular weight is 256 g/mol. The Bertz CT molecular complexity index is 529. The second-order valence-electron chi connectivity index (χ2n) is 4.50. The van der Waals surface area contributed by atoms with Gasteiger partial charge in [0.25, 0.3) is 0 Å². The molecule has 0 spiro atoms. The number of benzene rings is 1. The van der Waals surface area contributed by atoms with Crippen LogP contribution in [0.25, 0.3) is 0 Å². The maximum Gasteiger partial charge on any atom is 0.158 e. The van der Waals surface area contributed by atoms with Crippen LogP contribution in [-0.4, -0.2) is 29.7 Å². The fourth-order valence-corrected chi connectivity index (χ4v) is 2.20. The van der Waals surface area contributed by atoms with Gasteiger partial charge >= 0.3 is 0 Å². The van der Waals surface area contributed by atoms with Crippen molar-refractivity contribution in [3.63, 3.8) is 0 Å². The van der Waals surface area contributed by atoms with E-state index in [1.165, 1.54) is 0 Å². The number of ether oxygens (including phenoxy) is 1. The molecule has 1 aliphatic rings. The number of rotatable bonds is 2. The fourth-order valence-electron chi connectivity index (χ4n) is 2.20. The van der Waals surface area contributed by atoms with Crippen molar-refractivity contribution < 1.29 is 4.74 Å². The summed E-state index contributed by atoms with van der Waals surface area (Å²) in [6.45, 7) is 2.30. The summed E-state index contributed by atoms with van der Waals surface area (Å²) in [6.07, 6.45) is 3.41. The molecule has 1 fully saturated rings. The summed E-state index contributed by atoms with van der Waals surface area (Å²) in [7, 11) is 0. The Balaban J connectivity index is 1.76. The quantitative estimate of drug-likeness (QED) is 0.827. The van der Waals surface area contributed by atoms with E-state index in [0.717, 1.165) is 30.3 Å². The van der Waals surface area contributed by atoms with Crippen molar-refractivity contribution in [2.75, 3.05) is 30.3 Å². The second kappa shape index (κ2) is 5.24. The van der Waals surface area contributed by atoms with Gasteiger partial charge in [-0.2, -0.15) is 0 Å². The van der Waals surface area contributed by atoms with Crippen molar-refractivity contribution in [3.05, 3.63) is 48.5 Å². The van der Waals surface area contributed by atoms with E-state index in [2.05, 4.69) is 14.9 Å². The largest absolute Gasteiger partial charge is 0.399 e. The summed E-state index contributed by atoms with van der Waals surface area (Å²) in [5.41, 5.74) is 7.64. The zero-order chi connectivity index (χ0) is 13.1. The Labute approximate surface area is 112 Å². The third kappa shape index (κ3) is 2.66.